The normalized spacial score (nSPS) is 10.3. The van der Waals surface area contributed by atoms with E-state index < -0.39 is 12.1 Å². The molecule has 0 radical (unpaired) electrons. The Kier molecular flexibility index (Phi) is 6.15. The van der Waals surface area contributed by atoms with Gasteiger partial charge < -0.3 is 16.2 Å². The highest BCUT2D eigenvalue weighted by Crippen LogP contribution is 2.33. The second kappa shape index (κ2) is 8.95. The number of nitrogens with two attached hydrogens (primary N) is 4. The maximum Gasteiger partial charge on any atom is 0.333 e. The van der Waals surface area contributed by atoms with E-state index in [0.717, 1.165) is 10.0 Å². The van der Waals surface area contributed by atoms with Gasteiger partial charge in [-0.3, -0.25) is 4.79 Å². The van der Waals surface area contributed by atoms with Gasteiger partial charge >= 0.3 is 12.1 Å². The molecule has 0 atom stereocenters. The van der Waals surface area contributed by atoms with Crippen LogP contribution in [0.4, 0.5) is 21.0 Å². The molecule has 4 amide bonds. The van der Waals surface area contributed by atoms with E-state index >= 15 is 0 Å². The molecule has 31 heavy (non-hydrogen) atoms. The fourth-order valence-corrected chi connectivity index (χ4v) is 2.74. The van der Waals surface area contributed by atoms with Gasteiger partial charge in [0, 0.05) is 11.1 Å². The third-order valence-corrected chi connectivity index (χ3v) is 4.34. The lowest BCUT2D eigenvalue weighted by molar-refractivity contribution is 0.103. The Labute approximate surface area is 177 Å². The minimum absolute atomic E-state index is 0.164. The number of hydrogen-bond donors (Lipinski definition) is 4. The fraction of sp³-hybridized carbons (Fsp3) is 0. The van der Waals surface area contributed by atoms with Crippen LogP contribution < -0.4 is 37.9 Å². The van der Waals surface area contributed by atoms with Crippen LogP contribution >= 0.6 is 0 Å². The molecule has 0 heterocycles. The van der Waals surface area contributed by atoms with Gasteiger partial charge in [-0.15, -0.1) is 0 Å². The first-order valence-electron chi connectivity index (χ1n) is 8.98. The Hall–Kier alpha value is -4.41. The number of ether oxygens (including phenoxy) is 1. The second-order valence-electron chi connectivity index (χ2n) is 6.39. The Morgan fingerprint density at radius 3 is 1.87 bits per heavy atom. The third-order valence-electron chi connectivity index (χ3n) is 4.34. The molecule has 0 aliphatic heterocycles. The lowest BCUT2D eigenvalue weighted by Gasteiger charge is -2.19. The van der Waals surface area contributed by atoms with Crippen molar-refractivity contribution >= 4 is 29.2 Å². The second-order valence-corrected chi connectivity index (χ2v) is 6.39. The largest absolute Gasteiger partial charge is 0.455 e. The summed E-state index contributed by atoms with van der Waals surface area (Å²) in [6.07, 6.45) is 0. The predicted octanol–water partition coefficient (Wildman–Crippen LogP) is 2.23. The van der Waals surface area contributed by atoms with Gasteiger partial charge in [0.25, 0.3) is 0 Å². The van der Waals surface area contributed by atoms with E-state index in [1.807, 2.05) is 6.07 Å². The standard InChI is InChI=1S/C21H20N6O4/c22-20(29)26(24)15-9-6-13(7-10-15)19(28)14-8-11-17(27(25)21(23)30)18(12-14)31-16-4-2-1-3-5-16/h1-12H,24-25H2,(H2,22,29)(H2,23,30). The van der Waals surface area contributed by atoms with Crippen LogP contribution in [0.3, 0.4) is 0 Å². The van der Waals surface area contributed by atoms with E-state index in [1.54, 1.807) is 24.3 Å². The molecule has 0 aliphatic carbocycles. The zero-order valence-corrected chi connectivity index (χ0v) is 16.3. The van der Waals surface area contributed by atoms with Gasteiger partial charge in [-0.25, -0.2) is 31.3 Å². The highest BCUT2D eigenvalue weighted by atomic mass is 16.5. The van der Waals surface area contributed by atoms with E-state index in [9.17, 15) is 14.4 Å². The van der Waals surface area contributed by atoms with Crippen molar-refractivity contribution in [2.75, 3.05) is 10.0 Å². The number of benzene rings is 3. The van der Waals surface area contributed by atoms with Crippen molar-refractivity contribution in [1.29, 1.82) is 0 Å². The Morgan fingerprint density at radius 1 is 0.710 bits per heavy atom. The maximum atomic E-state index is 13.0. The van der Waals surface area contributed by atoms with Gasteiger partial charge in [0.15, 0.2) is 11.5 Å². The number of carbonyl (C=O) groups excluding carboxylic acids is 3. The Balaban J connectivity index is 1.95. The quantitative estimate of drug-likeness (QED) is 0.206. The number of rotatable bonds is 6. The van der Waals surface area contributed by atoms with E-state index in [0.29, 0.717) is 17.0 Å². The lowest BCUT2D eigenvalue weighted by Crippen LogP contribution is -2.41. The van der Waals surface area contributed by atoms with Crippen molar-refractivity contribution in [2.45, 2.75) is 0 Å². The van der Waals surface area contributed by atoms with Crippen LogP contribution in [0.1, 0.15) is 15.9 Å². The number of anilines is 2. The molecule has 0 aromatic heterocycles. The summed E-state index contributed by atoms with van der Waals surface area (Å²) in [4.78, 5) is 35.6. The highest BCUT2D eigenvalue weighted by Gasteiger charge is 2.19. The molecule has 0 fully saturated rings. The number of hydrogen-bond acceptors (Lipinski definition) is 6. The van der Waals surface area contributed by atoms with E-state index in [-0.39, 0.29) is 22.8 Å². The fourth-order valence-electron chi connectivity index (χ4n) is 2.74. The van der Waals surface area contributed by atoms with Crippen LogP contribution in [0, 0.1) is 0 Å². The molecule has 3 aromatic carbocycles. The molecule has 0 spiro atoms. The van der Waals surface area contributed by atoms with Crippen molar-refractivity contribution < 1.29 is 19.1 Å². The summed E-state index contributed by atoms with van der Waals surface area (Å²) in [5.41, 5.74) is 11.5. The summed E-state index contributed by atoms with van der Waals surface area (Å²) in [7, 11) is 0. The summed E-state index contributed by atoms with van der Waals surface area (Å²) < 4.78 is 5.83. The topological polar surface area (TPSA) is 171 Å². The number of hydrazine groups is 2. The number of primary amides is 2. The van der Waals surface area contributed by atoms with Crippen LogP contribution in [0.15, 0.2) is 72.8 Å². The average Bonchev–Trinajstić information content (AvgIpc) is 2.78. The van der Waals surface area contributed by atoms with Gasteiger partial charge in [-0.05, 0) is 54.6 Å². The molecule has 0 bridgehead atoms. The summed E-state index contributed by atoms with van der Waals surface area (Å²) in [6.45, 7) is 0. The molecular formula is C21H20N6O4. The molecule has 3 rings (SSSR count). The van der Waals surface area contributed by atoms with Crippen molar-refractivity contribution in [3.05, 3.63) is 83.9 Å². The molecule has 0 saturated carbocycles. The van der Waals surface area contributed by atoms with Gasteiger partial charge in [0.2, 0.25) is 0 Å². The van der Waals surface area contributed by atoms with Gasteiger partial charge in [0.05, 0.1) is 5.69 Å². The van der Waals surface area contributed by atoms with E-state index in [4.69, 9.17) is 27.9 Å². The number of amides is 4. The van der Waals surface area contributed by atoms with Crippen LogP contribution in [-0.4, -0.2) is 17.8 Å². The first kappa shape index (κ1) is 21.3. The zero-order valence-electron chi connectivity index (χ0n) is 16.3. The van der Waals surface area contributed by atoms with Crippen molar-refractivity contribution in [1.82, 2.24) is 0 Å². The van der Waals surface area contributed by atoms with E-state index in [2.05, 4.69) is 0 Å². The summed E-state index contributed by atoms with van der Waals surface area (Å²) in [6, 6.07) is 17.4. The summed E-state index contributed by atoms with van der Waals surface area (Å²) in [5, 5.41) is 1.48. The van der Waals surface area contributed by atoms with Crippen molar-refractivity contribution in [3.63, 3.8) is 0 Å². The highest BCUT2D eigenvalue weighted by molar-refractivity contribution is 6.10. The lowest BCUT2D eigenvalue weighted by atomic mass is 10.0. The monoisotopic (exact) mass is 420 g/mol. The molecular weight excluding hydrogens is 400 g/mol. The smallest absolute Gasteiger partial charge is 0.333 e. The van der Waals surface area contributed by atoms with Crippen LogP contribution in [-0.2, 0) is 0 Å². The minimum Gasteiger partial charge on any atom is -0.455 e. The van der Waals surface area contributed by atoms with Crippen LogP contribution in [0.2, 0.25) is 0 Å². The average molecular weight is 420 g/mol. The minimum atomic E-state index is -0.895. The number of urea groups is 2. The van der Waals surface area contributed by atoms with E-state index in [1.165, 1.54) is 42.5 Å². The molecule has 10 nitrogen and oxygen atoms in total. The number of ketones is 1. The first-order chi connectivity index (χ1) is 14.8. The molecule has 3 aromatic rings. The zero-order chi connectivity index (χ0) is 22.5. The molecule has 158 valence electrons. The Bertz CT molecular complexity index is 1120. The number of para-hydroxylation sites is 1. The van der Waals surface area contributed by atoms with Gasteiger partial charge in [0.1, 0.15) is 11.4 Å². The molecule has 0 aliphatic rings. The molecule has 0 unspecified atom stereocenters. The SMILES string of the molecule is NC(=O)N(N)c1ccc(C(=O)c2ccc(N(N)C(N)=O)c(Oc3ccccc3)c2)cc1. The summed E-state index contributed by atoms with van der Waals surface area (Å²) in [5.74, 6) is 11.6. The third kappa shape index (κ3) is 4.78. The van der Waals surface area contributed by atoms with Crippen molar-refractivity contribution in [2.24, 2.45) is 23.2 Å². The van der Waals surface area contributed by atoms with Crippen LogP contribution in [0.25, 0.3) is 0 Å². The maximum absolute atomic E-state index is 13.0. The Morgan fingerprint density at radius 2 is 1.29 bits per heavy atom. The molecule has 10 heteroatoms. The number of carbonyl (C=O) groups is 3. The predicted molar refractivity (Wildman–Crippen MR) is 115 cm³/mol. The molecule has 0 saturated heterocycles. The van der Waals surface area contributed by atoms with Crippen LogP contribution in [0.5, 0.6) is 11.5 Å². The first-order valence-corrected chi connectivity index (χ1v) is 8.98. The van der Waals surface area contributed by atoms with Gasteiger partial charge in [-0.1, -0.05) is 18.2 Å². The molecule has 8 N–H and O–H groups in total. The summed E-state index contributed by atoms with van der Waals surface area (Å²) >= 11 is 0. The van der Waals surface area contributed by atoms with Gasteiger partial charge in [-0.2, -0.15) is 0 Å². The van der Waals surface area contributed by atoms with Crippen molar-refractivity contribution in [3.8, 4) is 11.5 Å². The number of nitrogens with zero attached hydrogens (tertiary/aromatic N) is 2.